The minimum absolute atomic E-state index is 0.254. The van der Waals surface area contributed by atoms with Gasteiger partial charge >= 0.3 is 0 Å². The second kappa shape index (κ2) is 5.36. The zero-order valence-corrected chi connectivity index (χ0v) is 10.3. The molecular formula is C13H18FNO2. The van der Waals surface area contributed by atoms with Crippen LogP contribution in [0.4, 0.5) is 4.39 Å². The summed E-state index contributed by atoms with van der Waals surface area (Å²) in [6, 6.07) is 3.05. The molecule has 1 aromatic carbocycles. The summed E-state index contributed by atoms with van der Waals surface area (Å²) >= 11 is 0. The van der Waals surface area contributed by atoms with Crippen molar-refractivity contribution in [1.29, 1.82) is 0 Å². The molecule has 2 rings (SSSR count). The number of hydrogen-bond acceptors (Lipinski definition) is 3. The first-order chi connectivity index (χ1) is 8.27. The van der Waals surface area contributed by atoms with E-state index in [0.29, 0.717) is 11.5 Å². The van der Waals surface area contributed by atoms with Crippen molar-refractivity contribution < 1.29 is 13.9 Å². The molecule has 0 bridgehead atoms. The molecule has 0 amide bonds. The lowest BCUT2D eigenvalue weighted by Gasteiger charge is -2.26. The number of benzene rings is 1. The zero-order valence-electron chi connectivity index (χ0n) is 10.3. The minimum Gasteiger partial charge on any atom is -0.496 e. The van der Waals surface area contributed by atoms with E-state index >= 15 is 0 Å². The number of piperidine rings is 1. The van der Waals surface area contributed by atoms with Gasteiger partial charge in [0.15, 0.2) is 11.6 Å². The summed E-state index contributed by atoms with van der Waals surface area (Å²) in [6.07, 6.45) is 2.12. The van der Waals surface area contributed by atoms with Crippen LogP contribution in [0.1, 0.15) is 24.3 Å². The molecule has 0 aromatic heterocycles. The Balaban J connectivity index is 2.43. The van der Waals surface area contributed by atoms with Gasteiger partial charge in [-0.05, 0) is 31.5 Å². The lowest BCUT2D eigenvalue weighted by atomic mass is 9.90. The third-order valence-electron chi connectivity index (χ3n) is 3.24. The first kappa shape index (κ1) is 12.2. The molecule has 4 heteroatoms. The van der Waals surface area contributed by atoms with E-state index in [1.165, 1.54) is 13.2 Å². The van der Waals surface area contributed by atoms with E-state index in [9.17, 15) is 4.39 Å². The molecule has 0 radical (unpaired) electrons. The van der Waals surface area contributed by atoms with E-state index in [1.54, 1.807) is 13.2 Å². The average molecular weight is 239 g/mol. The van der Waals surface area contributed by atoms with E-state index in [4.69, 9.17) is 9.47 Å². The third kappa shape index (κ3) is 2.36. The van der Waals surface area contributed by atoms with Crippen LogP contribution in [-0.4, -0.2) is 27.3 Å². The fourth-order valence-corrected chi connectivity index (χ4v) is 2.43. The molecule has 1 atom stereocenters. The van der Waals surface area contributed by atoms with Gasteiger partial charge < -0.3 is 14.8 Å². The fraction of sp³-hybridized carbons (Fsp3) is 0.538. The van der Waals surface area contributed by atoms with Gasteiger partial charge in [-0.2, -0.15) is 0 Å². The maximum Gasteiger partial charge on any atom is 0.165 e. The molecule has 1 N–H and O–H groups in total. The van der Waals surface area contributed by atoms with Crippen LogP contribution in [0, 0.1) is 5.82 Å². The Hall–Kier alpha value is -1.29. The Morgan fingerprint density at radius 1 is 1.29 bits per heavy atom. The monoisotopic (exact) mass is 239 g/mol. The quantitative estimate of drug-likeness (QED) is 0.878. The van der Waals surface area contributed by atoms with E-state index < -0.39 is 0 Å². The first-order valence-corrected chi connectivity index (χ1v) is 5.89. The predicted octanol–water partition coefficient (Wildman–Crippen LogP) is 2.31. The highest BCUT2D eigenvalue weighted by atomic mass is 19.1. The molecule has 1 saturated heterocycles. The third-order valence-corrected chi connectivity index (χ3v) is 3.24. The van der Waals surface area contributed by atoms with Crippen molar-refractivity contribution >= 4 is 0 Å². The van der Waals surface area contributed by atoms with Crippen molar-refractivity contribution in [3.8, 4) is 11.5 Å². The van der Waals surface area contributed by atoms with Crippen LogP contribution in [0.25, 0.3) is 0 Å². The summed E-state index contributed by atoms with van der Waals surface area (Å²) in [4.78, 5) is 0. The summed E-state index contributed by atoms with van der Waals surface area (Å²) in [6.45, 7) is 1.87. The summed E-state index contributed by atoms with van der Waals surface area (Å²) in [7, 11) is 3.10. The lowest BCUT2D eigenvalue weighted by Crippen LogP contribution is -2.29. The van der Waals surface area contributed by atoms with Crippen molar-refractivity contribution in [1.82, 2.24) is 5.32 Å². The largest absolute Gasteiger partial charge is 0.496 e. The maximum absolute atomic E-state index is 13.7. The standard InChI is InChI=1S/C13H18FNO2/c1-16-11-6-5-10(14)13(17-2)12(11)9-4-3-7-15-8-9/h5-6,9,15H,3-4,7-8H2,1-2H3. The highest BCUT2D eigenvalue weighted by Gasteiger charge is 2.25. The van der Waals surface area contributed by atoms with E-state index in [-0.39, 0.29) is 11.7 Å². The van der Waals surface area contributed by atoms with Gasteiger partial charge in [0, 0.05) is 18.0 Å². The van der Waals surface area contributed by atoms with Gasteiger partial charge in [-0.3, -0.25) is 0 Å². The first-order valence-electron chi connectivity index (χ1n) is 5.89. The number of nitrogens with one attached hydrogen (secondary N) is 1. The Labute approximate surface area is 101 Å². The second-order valence-corrected chi connectivity index (χ2v) is 4.24. The highest BCUT2D eigenvalue weighted by molar-refractivity contribution is 5.48. The molecule has 3 nitrogen and oxygen atoms in total. The summed E-state index contributed by atoms with van der Waals surface area (Å²) in [5.41, 5.74) is 0.849. The number of hydrogen-bond donors (Lipinski definition) is 1. The molecule has 1 aliphatic heterocycles. The Kier molecular flexibility index (Phi) is 3.84. The molecule has 0 saturated carbocycles. The average Bonchev–Trinajstić information content (AvgIpc) is 2.39. The van der Waals surface area contributed by atoms with Gasteiger partial charge in [0.1, 0.15) is 5.75 Å². The van der Waals surface area contributed by atoms with Gasteiger partial charge in [-0.25, -0.2) is 4.39 Å². The number of rotatable bonds is 3. The number of ether oxygens (including phenoxy) is 2. The summed E-state index contributed by atoms with van der Waals surface area (Å²) in [5, 5.41) is 3.32. The molecule has 1 heterocycles. The molecule has 1 aliphatic rings. The van der Waals surface area contributed by atoms with Crippen LogP contribution in [-0.2, 0) is 0 Å². The Bertz CT molecular complexity index is 389. The SMILES string of the molecule is COc1ccc(F)c(OC)c1C1CCCNC1. The van der Waals surface area contributed by atoms with E-state index in [1.807, 2.05) is 0 Å². The molecule has 1 fully saturated rings. The van der Waals surface area contributed by atoms with Crippen molar-refractivity contribution in [2.24, 2.45) is 0 Å². The van der Waals surface area contributed by atoms with Crippen molar-refractivity contribution in [2.45, 2.75) is 18.8 Å². The van der Waals surface area contributed by atoms with Crippen LogP contribution < -0.4 is 14.8 Å². The molecular weight excluding hydrogens is 221 g/mol. The number of methoxy groups -OCH3 is 2. The molecule has 0 aliphatic carbocycles. The predicted molar refractivity (Wildman–Crippen MR) is 64.3 cm³/mol. The van der Waals surface area contributed by atoms with Crippen LogP contribution in [0.3, 0.4) is 0 Å². The maximum atomic E-state index is 13.7. The van der Waals surface area contributed by atoms with Crippen LogP contribution >= 0.6 is 0 Å². The molecule has 0 spiro atoms. The van der Waals surface area contributed by atoms with Gasteiger partial charge in [0.05, 0.1) is 14.2 Å². The topological polar surface area (TPSA) is 30.5 Å². The van der Waals surface area contributed by atoms with Gasteiger partial charge in [-0.1, -0.05) is 0 Å². The molecule has 94 valence electrons. The lowest BCUT2D eigenvalue weighted by molar-refractivity contribution is 0.348. The van der Waals surface area contributed by atoms with Crippen molar-refractivity contribution in [2.75, 3.05) is 27.3 Å². The molecule has 1 aromatic rings. The fourth-order valence-electron chi connectivity index (χ4n) is 2.43. The summed E-state index contributed by atoms with van der Waals surface area (Å²) < 4.78 is 24.2. The Morgan fingerprint density at radius 3 is 2.71 bits per heavy atom. The van der Waals surface area contributed by atoms with Crippen LogP contribution in [0.15, 0.2) is 12.1 Å². The van der Waals surface area contributed by atoms with E-state index in [0.717, 1.165) is 31.5 Å². The number of halogens is 1. The van der Waals surface area contributed by atoms with Crippen LogP contribution in [0.5, 0.6) is 11.5 Å². The normalized spacial score (nSPS) is 20.1. The molecule has 1 unspecified atom stereocenters. The van der Waals surface area contributed by atoms with Gasteiger partial charge in [-0.15, -0.1) is 0 Å². The van der Waals surface area contributed by atoms with Crippen molar-refractivity contribution in [3.05, 3.63) is 23.5 Å². The Morgan fingerprint density at radius 2 is 2.12 bits per heavy atom. The smallest absolute Gasteiger partial charge is 0.165 e. The van der Waals surface area contributed by atoms with Gasteiger partial charge in [0.25, 0.3) is 0 Å². The minimum atomic E-state index is -0.325. The highest BCUT2D eigenvalue weighted by Crippen LogP contribution is 2.39. The van der Waals surface area contributed by atoms with Crippen molar-refractivity contribution in [3.63, 3.8) is 0 Å². The van der Waals surface area contributed by atoms with Gasteiger partial charge in [0.2, 0.25) is 0 Å². The zero-order chi connectivity index (χ0) is 12.3. The molecule has 17 heavy (non-hydrogen) atoms. The van der Waals surface area contributed by atoms with E-state index in [2.05, 4.69) is 5.32 Å². The summed E-state index contributed by atoms with van der Waals surface area (Å²) in [5.74, 6) is 0.952. The van der Waals surface area contributed by atoms with Crippen LogP contribution in [0.2, 0.25) is 0 Å². The second-order valence-electron chi connectivity index (χ2n) is 4.24.